The molecule has 6 heteroatoms. The normalized spacial score (nSPS) is 15.6. The fourth-order valence-electron chi connectivity index (χ4n) is 3.23. The van der Waals surface area contributed by atoms with E-state index in [9.17, 15) is 5.26 Å². The molecule has 2 heterocycles. The van der Waals surface area contributed by atoms with Crippen LogP contribution in [0.5, 0.6) is 11.6 Å². The van der Waals surface area contributed by atoms with Gasteiger partial charge in [0.05, 0.1) is 5.92 Å². The highest BCUT2D eigenvalue weighted by Crippen LogP contribution is 2.42. The largest absolute Gasteiger partial charge is 0.489 e. The van der Waals surface area contributed by atoms with Crippen LogP contribution < -0.4 is 15.2 Å². The van der Waals surface area contributed by atoms with E-state index in [4.69, 9.17) is 15.2 Å². The van der Waals surface area contributed by atoms with Crippen LogP contribution in [0.1, 0.15) is 28.3 Å². The second-order valence-corrected chi connectivity index (χ2v) is 6.34. The average molecular weight is 358 g/mol. The van der Waals surface area contributed by atoms with Crippen LogP contribution in [0.2, 0.25) is 0 Å². The molecule has 1 unspecified atom stereocenters. The molecule has 1 aromatic heterocycles. The summed E-state index contributed by atoms with van der Waals surface area (Å²) in [5.41, 5.74) is 10.0. The van der Waals surface area contributed by atoms with E-state index >= 15 is 0 Å². The van der Waals surface area contributed by atoms with Gasteiger partial charge in [-0.25, -0.2) is 0 Å². The number of aromatic nitrogens is 2. The summed E-state index contributed by atoms with van der Waals surface area (Å²) in [4.78, 5) is 0. The Balaban J connectivity index is 1.61. The number of rotatable bonds is 4. The number of nitriles is 1. The number of hydrogen-bond acceptors (Lipinski definition) is 5. The molecule has 0 radical (unpaired) electrons. The molecule has 3 N–H and O–H groups in total. The number of fused-ring (bicyclic) bond motifs is 1. The summed E-state index contributed by atoms with van der Waals surface area (Å²) in [5, 5.41) is 16.6. The average Bonchev–Trinajstić information content (AvgIpc) is 3.07. The van der Waals surface area contributed by atoms with Gasteiger partial charge in [0.2, 0.25) is 11.8 Å². The molecule has 2 aromatic carbocycles. The Hall–Kier alpha value is -3.72. The predicted molar refractivity (Wildman–Crippen MR) is 99.8 cm³/mol. The minimum atomic E-state index is -0.319. The Labute approximate surface area is 156 Å². The van der Waals surface area contributed by atoms with E-state index in [-0.39, 0.29) is 11.8 Å². The number of benzene rings is 2. The van der Waals surface area contributed by atoms with Crippen molar-refractivity contribution < 1.29 is 9.47 Å². The molecule has 0 bridgehead atoms. The minimum Gasteiger partial charge on any atom is -0.489 e. The number of ether oxygens (including phenoxy) is 2. The van der Waals surface area contributed by atoms with Crippen LogP contribution in [-0.2, 0) is 6.61 Å². The van der Waals surface area contributed by atoms with Crippen LogP contribution in [0.3, 0.4) is 0 Å². The number of H-pyrrole nitrogens is 1. The van der Waals surface area contributed by atoms with E-state index in [2.05, 4.69) is 16.3 Å². The molecule has 0 amide bonds. The zero-order valence-electron chi connectivity index (χ0n) is 14.8. The minimum absolute atomic E-state index is 0.0888. The van der Waals surface area contributed by atoms with Gasteiger partial charge in [-0.05, 0) is 30.2 Å². The Kier molecular flexibility index (Phi) is 4.27. The fourth-order valence-corrected chi connectivity index (χ4v) is 3.23. The summed E-state index contributed by atoms with van der Waals surface area (Å²) < 4.78 is 11.3. The quantitative estimate of drug-likeness (QED) is 0.744. The molecule has 3 aromatic rings. The van der Waals surface area contributed by atoms with Crippen LogP contribution in [0.4, 0.5) is 0 Å². The summed E-state index contributed by atoms with van der Waals surface area (Å²) in [7, 11) is 0. The molecule has 0 fully saturated rings. The molecule has 1 aliphatic heterocycles. The molecular weight excluding hydrogens is 340 g/mol. The predicted octanol–water partition coefficient (Wildman–Crippen LogP) is 3.52. The van der Waals surface area contributed by atoms with E-state index in [1.807, 2.05) is 61.5 Å². The van der Waals surface area contributed by atoms with E-state index in [1.54, 1.807) is 0 Å². The van der Waals surface area contributed by atoms with Crippen LogP contribution in [0, 0.1) is 18.3 Å². The van der Waals surface area contributed by atoms with Gasteiger partial charge < -0.3 is 15.2 Å². The van der Waals surface area contributed by atoms with E-state index in [0.717, 1.165) is 28.1 Å². The van der Waals surface area contributed by atoms with Crippen molar-refractivity contribution >= 4 is 0 Å². The Morgan fingerprint density at radius 3 is 2.63 bits per heavy atom. The van der Waals surface area contributed by atoms with Gasteiger partial charge in [-0.2, -0.15) is 5.26 Å². The number of nitrogens with one attached hydrogen (secondary N) is 1. The lowest BCUT2D eigenvalue weighted by Gasteiger charge is -2.23. The van der Waals surface area contributed by atoms with Crippen molar-refractivity contribution in [2.75, 3.05) is 0 Å². The van der Waals surface area contributed by atoms with Gasteiger partial charge in [-0.3, -0.25) is 5.10 Å². The first-order valence-corrected chi connectivity index (χ1v) is 8.56. The molecule has 0 saturated heterocycles. The van der Waals surface area contributed by atoms with Crippen molar-refractivity contribution in [1.82, 2.24) is 10.2 Å². The number of nitrogens with two attached hydrogens (primary N) is 1. The monoisotopic (exact) mass is 358 g/mol. The lowest BCUT2D eigenvalue weighted by atomic mass is 9.84. The second-order valence-electron chi connectivity index (χ2n) is 6.34. The fraction of sp³-hybridized carbons (Fsp3) is 0.143. The standard InChI is InChI=1S/C21H18N4O2/c1-13-18-19(17(11-22)20(23)27-21(18)25-24-13)15-7-9-16(10-8-15)26-12-14-5-3-2-4-6-14/h2-10,19H,12,23H2,1H3,(H,24,25). The number of allylic oxidation sites excluding steroid dienone is 1. The lowest BCUT2D eigenvalue weighted by Crippen LogP contribution is -2.21. The highest BCUT2D eigenvalue weighted by molar-refractivity contribution is 5.55. The van der Waals surface area contributed by atoms with Gasteiger partial charge >= 0.3 is 0 Å². The molecule has 4 rings (SSSR count). The highest BCUT2D eigenvalue weighted by Gasteiger charge is 2.34. The van der Waals surface area contributed by atoms with Crippen LogP contribution in [0.15, 0.2) is 66.1 Å². The molecule has 27 heavy (non-hydrogen) atoms. The molecule has 134 valence electrons. The maximum atomic E-state index is 9.59. The first-order valence-electron chi connectivity index (χ1n) is 8.56. The Morgan fingerprint density at radius 1 is 1.19 bits per heavy atom. The number of aryl methyl sites for hydroxylation is 1. The highest BCUT2D eigenvalue weighted by atomic mass is 16.5. The van der Waals surface area contributed by atoms with E-state index in [0.29, 0.717) is 18.1 Å². The van der Waals surface area contributed by atoms with Crippen molar-refractivity contribution in [3.05, 3.63) is 88.4 Å². The maximum absolute atomic E-state index is 9.59. The zero-order chi connectivity index (χ0) is 18.8. The van der Waals surface area contributed by atoms with Crippen LogP contribution >= 0.6 is 0 Å². The first-order chi connectivity index (χ1) is 13.2. The molecule has 1 aliphatic rings. The van der Waals surface area contributed by atoms with Crippen molar-refractivity contribution in [2.45, 2.75) is 19.4 Å². The van der Waals surface area contributed by atoms with Gasteiger partial charge in [0, 0.05) is 11.3 Å². The summed E-state index contributed by atoms with van der Waals surface area (Å²) in [5.74, 6) is 0.944. The van der Waals surface area contributed by atoms with Crippen molar-refractivity contribution in [3.63, 3.8) is 0 Å². The van der Waals surface area contributed by atoms with Crippen LogP contribution in [0.25, 0.3) is 0 Å². The van der Waals surface area contributed by atoms with E-state index in [1.165, 1.54) is 0 Å². The van der Waals surface area contributed by atoms with Gasteiger partial charge in [-0.15, -0.1) is 5.10 Å². The smallest absolute Gasteiger partial charge is 0.244 e. The Morgan fingerprint density at radius 2 is 1.93 bits per heavy atom. The van der Waals surface area contributed by atoms with Crippen molar-refractivity contribution in [1.29, 1.82) is 5.26 Å². The maximum Gasteiger partial charge on any atom is 0.244 e. The lowest BCUT2D eigenvalue weighted by molar-refractivity contribution is 0.306. The van der Waals surface area contributed by atoms with Crippen LogP contribution in [-0.4, -0.2) is 10.2 Å². The SMILES string of the molecule is Cc1[nH]nc2c1C(c1ccc(OCc3ccccc3)cc1)C(C#N)=C(N)O2. The summed E-state index contributed by atoms with van der Waals surface area (Å²) in [6.07, 6.45) is 0. The number of nitrogens with zero attached hydrogens (tertiary/aromatic N) is 2. The van der Waals surface area contributed by atoms with Gasteiger partial charge in [0.1, 0.15) is 24.0 Å². The third-order valence-electron chi connectivity index (χ3n) is 4.59. The van der Waals surface area contributed by atoms with Gasteiger partial charge in [0.15, 0.2) is 0 Å². The van der Waals surface area contributed by atoms with E-state index < -0.39 is 0 Å². The first kappa shape index (κ1) is 16.7. The summed E-state index contributed by atoms with van der Waals surface area (Å²) in [6, 6.07) is 19.8. The Bertz CT molecular complexity index is 1030. The molecule has 0 aliphatic carbocycles. The topological polar surface area (TPSA) is 97.0 Å². The molecule has 1 atom stereocenters. The van der Waals surface area contributed by atoms with Crippen molar-refractivity contribution in [3.8, 4) is 17.7 Å². The molecule has 0 spiro atoms. The second kappa shape index (κ2) is 6.89. The summed E-state index contributed by atoms with van der Waals surface area (Å²) >= 11 is 0. The molecule has 6 nitrogen and oxygen atoms in total. The van der Waals surface area contributed by atoms with Gasteiger partial charge in [0.25, 0.3) is 0 Å². The number of aromatic amines is 1. The third kappa shape index (κ3) is 3.11. The third-order valence-corrected chi connectivity index (χ3v) is 4.59. The van der Waals surface area contributed by atoms with Crippen molar-refractivity contribution in [2.24, 2.45) is 5.73 Å². The molecular formula is C21H18N4O2. The van der Waals surface area contributed by atoms with Gasteiger partial charge in [-0.1, -0.05) is 42.5 Å². The summed E-state index contributed by atoms with van der Waals surface area (Å²) in [6.45, 7) is 2.40. The number of hydrogen-bond donors (Lipinski definition) is 2. The molecule has 0 saturated carbocycles. The zero-order valence-corrected chi connectivity index (χ0v) is 14.8.